The van der Waals surface area contributed by atoms with Crippen LogP contribution in [0.15, 0.2) is 40.8 Å². The lowest BCUT2D eigenvalue weighted by atomic mass is 10.1. The summed E-state index contributed by atoms with van der Waals surface area (Å²) in [5.74, 6) is 1.51. The van der Waals surface area contributed by atoms with Crippen molar-refractivity contribution in [1.29, 1.82) is 0 Å². The van der Waals surface area contributed by atoms with Crippen molar-refractivity contribution in [2.75, 3.05) is 0 Å². The van der Waals surface area contributed by atoms with E-state index in [0.29, 0.717) is 23.1 Å². The smallest absolute Gasteiger partial charge is 0.223 e. The Bertz CT molecular complexity index is 668. The highest BCUT2D eigenvalue weighted by Crippen LogP contribution is 2.29. The van der Waals surface area contributed by atoms with Crippen LogP contribution in [-0.2, 0) is 11.3 Å². The second-order valence-corrected chi connectivity index (χ2v) is 6.14. The fourth-order valence-electron chi connectivity index (χ4n) is 2.85. The molecule has 1 heterocycles. The van der Waals surface area contributed by atoms with Gasteiger partial charge in [0, 0.05) is 17.5 Å². The molecule has 22 heavy (non-hydrogen) atoms. The molecule has 1 fully saturated rings. The number of halogens is 1. The van der Waals surface area contributed by atoms with Crippen LogP contribution in [0, 0.1) is 5.92 Å². The van der Waals surface area contributed by atoms with Gasteiger partial charge in [-0.1, -0.05) is 23.7 Å². The molecule has 3 N–H and O–H groups in total. The monoisotopic (exact) mass is 318 g/mol. The topological polar surface area (TPSA) is 68.3 Å². The molecule has 1 aliphatic rings. The molecule has 0 spiro atoms. The molecule has 0 radical (unpaired) electrons. The van der Waals surface area contributed by atoms with Crippen LogP contribution in [0.2, 0.25) is 5.02 Å². The van der Waals surface area contributed by atoms with Gasteiger partial charge in [-0.2, -0.15) is 0 Å². The Morgan fingerprint density at radius 3 is 2.82 bits per heavy atom. The highest BCUT2D eigenvalue weighted by Gasteiger charge is 2.27. The summed E-state index contributed by atoms with van der Waals surface area (Å²) in [6.45, 7) is 0.384. The summed E-state index contributed by atoms with van der Waals surface area (Å²) in [6, 6.07) is 11.4. The third-order valence-corrected chi connectivity index (χ3v) is 4.41. The van der Waals surface area contributed by atoms with E-state index in [0.717, 1.165) is 24.8 Å². The van der Waals surface area contributed by atoms with E-state index in [1.54, 1.807) is 0 Å². The van der Waals surface area contributed by atoms with Gasteiger partial charge in [0.05, 0.1) is 11.6 Å². The summed E-state index contributed by atoms with van der Waals surface area (Å²) in [4.78, 5) is 12.1. The Morgan fingerprint density at radius 1 is 1.27 bits per heavy atom. The van der Waals surface area contributed by atoms with Crippen molar-refractivity contribution in [2.24, 2.45) is 11.7 Å². The van der Waals surface area contributed by atoms with E-state index in [4.69, 9.17) is 21.8 Å². The van der Waals surface area contributed by atoms with E-state index in [1.807, 2.05) is 36.4 Å². The summed E-state index contributed by atoms with van der Waals surface area (Å²) in [5, 5.41) is 3.57. The van der Waals surface area contributed by atoms with Crippen molar-refractivity contribution >= 4 is 17.5 Å². The Hall–Kier alpha value is -1.78. The molecule has 2 aromatic rings. The van der Waals surface area contributed by atoms with E-state index in [2.05, 4.69) is 5.32 Å². The molecule has 3 rings (SSSR count). The van der Waals surface area contributed by atoms with Crippen LogP contribution in [0.1, 0.15) is 25.0 Å². The predicted octanol–water partition coefficient (Wildman–Crippen LogP) is 3.34. The van der Waals surface area contributed by atoms with Crippen molar-refractivity contribution in [2.45, 2.75) is 31.8 Å². The molecular weight excluding hydrogens is 300 g/mol. The molecule has 2 atom stereocenters. The maximum Gasteiger partial charge on any atom is 0.223 e. The fraction of sp³-hybridized carbons (Fsp3) is 0.353. The number of carbonyl (C=O) groups excluding carboxylic acids is 1. The van der Waals surface area contributed by atoms with Gasteiger partial charge in [0.25, 0.3) is 0 Å². The minimum atomic E-state index is 0.0352. The third-order valence-electron chi connectivity index (χ3n) is 4.08. The van der Waals surface area contributed by atoms with E-state index >= 15 is 0 Å². The minimum absolute atomic E-state index is 0.0352. The SMILES string of the molecule is NC1CCC(C(=O)NCc2ccc(-c3ccccc3Cl)o2)C1. The maximum absolute atomic E-state index is 12.1. The fourth-order valence-corrected chi connectivity index (χ4v) is 3.08. The Morgan fingerprint density at radius 2 is 2.09 bits per heavy atom. The molecule has 0 saturated heterocycles. The second kappa shape index (κ2) is 6.55. The van der Waals surface area contributed by atoms with Crippen LogP contribution < -0.4 is 11.1 Å². The van der Waals surface area contributed by atoms with E-state index < -0.39 is 0 Å². The number of furan rings is 1. The number of nitrogens with one attached hydrogen (secondary N) is 1. The van der Waals surface area contributed by atoms with Crippen LogP contribution in [0.3, 0.4) is 0 Å². The first-order valence-electron chi connectivity index (χ1n) is 7.50. The normalized spacial score (nSPS) is 21.0. The van der Waals surface area contributed by atoms with Gasteiger partial charge < -0.3 is 15.5 Å². The minimum Gasteiger partial charge on any atom is -0.459 e. The van der Waals surface area contributed by atoms with Crippen molar-refractivity contribution in [1.82, 2.24) is 5.32 Å². The molecule has 5 heteroatoms. The highest BCUT2D eigenvalue weighted by atomic mass is 35.5. The molecular formula is C17H19ClN2O2. The van der Waals surface area contributed by atoms with Gasteiger partial charge in [0.2, 0.25) is 5.91 Å². The zero-order valence-corrected chi connectivity index (χ0v) is 13.0. The quantitative estimate of drug-likeness (QED) is 0.908. The number of nitrogens with two attached hydrogens (primary N) is 1. The second-order valence-electron chi connectivity index (χ2n) is 5.73. The van der Waals surface area contributed by atoms with Crippen molar-refractivity contribution in [3.05, 3.63) is 47.2 Å². The molecule has 0 aliphatic heterocycles. The molecule has 2 unspecified atom stereocenters. The van der Waals surface area contributed by atoms with Crippen LogP contribution in [0.5, 0.6) is 0 Å². The van der Waals surface area contributed by atoms with Crippen molar-refractivity contribution < 1.29 is 9.21 Å². The third kappa shape index (κ3) is 3.34. The van der Waals surface area contributed by atoms with E-state index in [-0.39, 0.29) is 17.9 Å². The molecule has 1 aromatic carbocycles. The summed E-state index contributed by atoms with van der Waals surface area (Å²) >= 11 is 6.15. The number of benzene rings is 1. The van der Waals surface area contributed by atoms with Gasteiger partial charge in [-0.25, -0.2) is 0 Å². The number of hydrogen-bond donors (Lipinski definition) is 2. The van der Waals surface area contributed by atoms with Crippen LogP contribution in [0.25, 0.3) is 11.3 Å². The highest BCUT2D eigenvalue weighted by molar-refractivity contribution is 6.33. The summed E-state index contributed by atoms with van der Waals surface area (Å²) in [5.41, 5.74) is 6.69. The molecule has 1 amide bonds. The van der Waals surface area contributed by atoms with Gasteiger partial charge >= 0.3 is 0 Å². The maximum atomic E-state index is 12.1. The van der Waals surface area contributed by atoms with Gasteiger partial charge in [0.15, 0.2) is 0 Å². The van der Waals surface area contributed by atoms with Gasteiger partial charge in [-0.15, -0.1) is 0 Å². The number of carbonyl (C=O) groups is 1. The Kier molecular flexibility index (Phi) is 4.50. The van der Waals surface area contributed by atoms with Crippen LogP contribution in [0.4, 0.5) is 0 Å². The molecule has 1 aromatic heterocycles. The lowest BCUT2D eigenvalue weighted by molar-refractivity contribution is -0.125. The molecule has 1 aliphatic carbocycles. The predicted molar refractivity (Wildman–Crippen MR) is 86.3 cm³/mol. The van der Waals surface area contributed by atoms with Crippen molar-refractivity contribution in [3.8, 4) is 11.3 Å². The first-order valence-corrected chi connectivity index (χ1v) is 7.88. The van der Waals surface area contributed by atoms with E-state index in [9.17, 15) is 4.79 Å². The Labute approximate surface area is 134 Å². The van der Waals surface area contributed by atoms with Gasteiger partial charge in [-0.05, 0) is 43.5 Å². The largest absolute Gasteiger partial charge is 0.459 e. The number of hydrogen-bond acceptors (Lipinski definition) is 3. The summed E-state index contributed by atoms with van der Waals surface area (Å²) in [7, 11) is 0. The molecule has 0 bridgehead atoms. The molecule has 4 nitrogen and oxygen atoms in total. The van der Waals surface area contributed by atoms with Crippen LogP contribution >= 0.6 is 11.6 Å². The Balaban J connectivity index is 1.60. The van der Waals surface area contributed by atoms with Gasteiger partial charge in [0.1, 0.15) is 11.5 Å². The molecule has 116 valence electrons. The molecule has 1 saturated carbocycles. The standard InChI is InChI=1S/C17H19ClN2O2/c18-15-4-2-1-3-14(15)16-8-7-13(22-16)10-20-17(21)11-5-6-12(19)9-11/h1-4,7-8,11-12H,5-6,9-10,19H2,(H,20,21). The average molecular weight is 319 g/mol. The first kappa shape index (κ1) is 15.1. The summed E-state index contributed by atoms with van der Waals surface area (Å²) in [6.07, 6.45) is 2.57. The van der Waals surface area contributed by atoms with Crippen LogP contribution in [-0.4, -0.2) is 11.9 Å². The number of rotatable bonds is 4. The number of amides is 1. The zero-order chi connectivity index (χ0) is 15.5. The lowest BCUT2D eigenvalue weighted by Gasteiger charge is -2.09. The lowest BCUT2D eigenvalue weighted by Crippen LogP contribution is -2.29. The van der Waals surface area contributed by atoms with Crippen molar-refractivity contribution in [3.63, 3.8) is 0 Å². The van der Waals surface area contributed by atoms with Gasteiger partial charge in [-0.3, -0.25) is 4.79 Å². The van der Waals surface area contributed by atoms with E-state index in [1.165, 1.54) is 0 Å². The summed E-state index contributed by atoms with van der Waals surface area (Å²) < 4.78 is 5.76. The first-order chi connectivity index (χ1) is 10.6. The average Bonchev–Trinajstić information content (AvgIpc) is 3.14. The zero-order valence-electron chi connectivity index (χ0n) is 12.2.